The van der Waals surface area contributed by atoms with Crippen molar-refractivity contribution in [2.75, 3.05) is 25.0 Å². The van der Waals surface area contributed by atoms with Gasteiger partial charge in [0.25, 0.3) is 0 Å². The quantitative estimate of drug-likeness (QED) is 0.628. The van der Waals surface area contributed by atoms with Crippen LogP contribution in [0.4, 0.5) is 5.69 Å². The Morgan fingerprint density at radius 3 is 2.93 bits per heavy atom. The fraction of sp³-hybridized carbons (Fsp3) is 0.333. The first-order chi connectivity index (χ1) is 13.2. The number of guanidine groups is 1. The lowest BCUT2D eigenvalue weighted by molar-refractivity contribution is 0.468. The largest absolute Gasteiger partial charge is 0.368 e. The number of rotatable bonds is 4. The van der Waals surface area contributed by atoms with Gasteiger partial charge < -0.3 is 15.5 Å². The third kappa shape index (κ3) is 5.15. The SMILES string of the molecule is CN=C(NCc1cccc(C#N)c1)NC1CCCN(c2ccccc2Cl)C1. The van der Waals surface area contributed by atoms with Gasteiger partial charge in [-0.15, -0.1) is 0 Å². The third-order valence-electron chi connectivity index (χ3n) is 4.70. The molecule has 0 saturated carbocycles. The van der Waals surface area contributed by atoms with Crippen molar-refractivity contribution in [3.8, 4) is 6.07 Å². The van der Waals surface area contributed by atoms with Gasteiger partial charge in [0.2, 0.25) is 0 Å². The van der Waals surface area contributed by atoms with Crippen LogP contribution in [-0.4, -0.2) is 32.1 Å². The number of para-hydroxylation sites is 1. The maximum absolute atomic E-state index is 9.02. The molecular formula is C21H24ClN5. The number of aliphatic imine (C=N–C) groups is 1. The van der Waals surface area contributed by atoms with Crippen LogP contribution in [0.15, 0.2) is 53.5 Å². The van der Waals surface area contributed by atoms with Gasteiger partial charge in [-0.25, -0.2) is 0 Å². The second-order valence-electron chi connectivity index (χ2n) is 6.62. The zero-order valence-corrected chi connectivity index (χ0v) is 16.2. The van der Waals surface area contributed by atoms with Crippen molar-refractivity contribution in [1.82, 2.24) is 10.6 Å². The predicted molar refractivity (Wildman–Crippen MR) is 111 cm³/mol. The number of piperidine rings is 1. The summed E-state index contributed by atoms with van der Waals surface area (Å²) in [4.78, 5) is 6.67. The minimum Gasteiger partial charge on any atom is -0.368 e. The van der Waals surface area contributed by atoms with Gasteiger partial charge in [0.05, 0.1) is 22.3 Å². The highest BCUT2D eigenvalue weighted by atomic mass is 35.5. The number of hydrogen-bond acceptors (Lipinski definition) is 3. The number of nitrogens with one attached hydrogen (secondary N) is 2. The molecule has 0 amide bonds. The van der Waals surface area contributed by atoms with E-state index in [0.29, 0.717) is 18.2 Å². The molecule has 1 atom stereocenters. The molecule has 6 heteroatoms. The predicted octanol–water partition coefficient (Wildman–Crippen LogP) is 3.55. The molecule has 1 heterocycles. The van der Waals surface area contributed by atoms with E-state index in [1.54, 1.807) is 7.05 Å². The molecule has 140 valence electrons. The van der Waals surface area contributed by atoms with Crippen molar-refractivity contribution >= 4 is 23.2 Å². The highest BCUT2D eigenvalue weighted by Crippen LogP contribution is 2.27. The van der Waals surface area contributed by atoms with E-state index in [1.165, 1.54) is 0 Å². The van der Waals surface area contributed by atoms with E-state index in [-0.39, 0.29) is 0 Å². The summed E-state index contributed by atoms with van der Waals surface area (Å²) in [6.45, 7) is 2.51. The molecule has 0 bridgehead atoms. The second kappa shape index (κ2) is 9.29. The van der Waals surface area contributed by atoms with Crippen LogP contribution in [0.3, 0.4) is 0 Å². The summed E-state index contributed by atoms with van der Waals surface area (Å²) in [5.74, 6) is 0.767. The minimum atomic E-state index is 0.298. The molecule has 2 N–H and O–H groups in total. The van der Waals surface area contributed by atoms with Crippen LogP contribution in [0.2, 0.25) is 5.02 Å². The van der Waals surface area contributed by atoms with Crippen LogP contribution >= 0.6 is 11.6 Å². The fourth-order valence-corrected chi connectivity index (χ4v) is 3.60. The summed E-state index contributed by atoms with van der Waals surface area (Å²) in [5.41, 5.74) is 2.81. The van der Waals surface area contributed by atoms with Crippen molar-refractivity contribution in [2.24, 2.45) is 4.99 Å². The van der Waals surface area contributed by atoms with Crippen molar-refractivity contribution in [3.63, 3.8) is 0 Å². The lowest BCUT2D eigenvalue weighted by Crippen LogP contribution is -2.51. The highest BCUT2D eigenvalue weighted by molar-refractivity contribution is 6.33. The van der Waals surface area contributed by atoms with E-state index in [0.717, 1.165) is 48.2 Å². The summed E-state index contributed by atoms with van der Waals surface area (Å²) in [7, 11) is 1.77. The normalized spacial score (nSPS) is 17.3. The summed E-state index contributed by atoms with van der Waals surface area (Å²) in [5, 5.41) is 16.7. The maximum Gasteiger partial charge on any atom is 0.191 e. The molecular weight excluding hydrogens is 358 g/mol. The second-order valence-corrected chi connectivity index (χ2v) is 7.03. The fourth-order valence-electron chi connectivity index (χ4n) is 3.35. The van der Waals surface area contributed by atoms with Gasteiger partial charge in [0.1, 0.15) is 0 Å². The molecule has 1 aliphatic heterocycles. The molecule has 0 aromatic heterocycles. The Morgan fingerprint density at radius 1 is 1.30 bits per heavy atom. The van der Waals surface area contributed by atoms with E-state index in [1.807, 2.05) is 42.5 Å². The number of hydrogen-bond donors (Lipinski definition) is 2. The van der Waals surface area contributed by atoms with E-state index in [2.05, 4.69) is 32.7 Å². The molecule has 1 aliphatic rings. The molecule has 3 rings (SSSR count). The Balaban J connectivity index is 1.58. The molecule has 2 aromatic carbocycles. The molecule has 0 spiro atoms. The van der Waals surface area contributed by atoms with Gasteiger partial charge >= 0.3 is 0 Å². The van der Waals surface area contributed by atoms with Crippen LogP contribution in [0, 0.1) is 11.3 Å². The Labute approximate surface area is 165 Å². The minimum absolute atomic E-state index is 0.298. The molecule has 0 radical (unpaired) electrons. The van der Waals surface area contributed by atoms with Crippen LogP contribution < -0.4 is 15.5 Å². The average molecular weight is 382 g/mol. The Kier molecular flexibility index (Phi) is 6.56. The Bertz CT molecular complexity index is 842. The van der Waals surface area contributed by atoms with Crippen molar-refractivity contribution in [1.29, 1.82) is 5.26 Å². The van der Waals surface area contributed by atoms with Crippen molar-refractivity contribution < 1.29 is 0 Å². The van der Waals surface area contributed by atoms with Gasteiger partial charge in [-0.05, 0) is 42.7 Å². The zero-order valence-electron chi connectivity index (χ0n) is 15.5. The lowest BCUT2D eigenvalue weighted by atomic mass is 10.0. The number of benzene rings is 2. The van der Waals surface area contributed by atoms with E-state index in [9.17, 15) is 0 Å². The molecule has 1 fully saturated rings. The van der Waals surface area contributed by atoms with Crippen molar-refractivity contribution in [2.45, 2.75) is 25.4 Å². The molecule has 5 nitrogen and oxygen atoms in total. The van der Waals surface area contributed by atoms with E-state index < -0.39 is 0 Å². The zero-order chi connectivity index (χ0) is 19.1. The van der Waals surface area contributed by atoms with Gasteiger partial charge in [0, 0.05) is 32.7 Å². The summed E-state index contributed by atoms with van der Waals surface area (Å²) in [6.07, 6.45) is 2.19. The van der Waals surface area contributed by atoms with Crippen LogP contribution in [0.25, 0.3) is 0 Å². The Hall–Kier alpha value is -2.71. The maximum atomic E-state index is 9.02. The highest BCUT2D eigenvalue weighted by Gasteiger charge is 2.22. The first kappa shape index (κ1) is 19.1. The number of nitrogens with zero attached hydrogens (tertiary/aromatic N) is 3. The first-order valence-corrected chi connectivity index (χ1v) is 9.53. The van der Waals surface area contributed by atoms with Gasteiger partial charge in [-0.3, -0.25) is 4.99 Å². The van der Waals surface area contributed by atoms with E-state index in [4.69, 9.17) is 16.9 Å². The number of halogens is 1. The summed E-state index contributed by atoms with van der Waals surface area (Å²) in [6, 6.07) is 18.0. The molecule has 1 saturated heterocycles. The number of anilines is 1. The smallest absolute Gasteiger partial charge is 0.191 e. The van der Waals surface area contributed by atoms with Gasteiger partial charge in [0.15, 0.2) is 5.96 Å². The molecule has 2 aromatic rings. The topological polar surface area (TPSA) is 63.5 Å². The Morgan fingerprint density at radius 2 is 2.15 bits per heavy atom. The molecule has 1 unspecified atom stereocenters. The van der Waals surface area contributed by atoms with Gasteiger partial charge in [-0.1, -0.05) is 35.9 Å². The lowest BCUT2D eigenvalue weighted by Gasteiger charge is -2.35. The van der Waals surface area contributed by atoms with Crippen LogP contribution in [-0.2, 0) is 6.54 Å². The number of nitriles is 1. The van der Waals surface area contributed by atoms with Crippen molar-refractivity contribution in [3.05, 3.63) is 64.7 Å². The van der Waals surface area contributed by atoms with Crippen LogP contribution in [0.5, 0.6) is 0 Å². The summed E-state index contributed by atoms with van der Waals surface area (Å²) < 4.78 is 0. The summed E-state index contributed by atoms with van der Waals surface area (Å²) >= 11 is 6.36. The monoisotopic (exact) mass is 381 g/mol. The molecule has 27 heavy (non-hydrogen) atoms. The first-order valence-electron chi connectivity index (χ1n) is 9.15. The molecule has 0 aliphatic carbocycles. The average Bonchev–Trinajstić information content (AvgIpc) is 2.71. The standard InChI is InChI=1S/C21H24ClN5/c1-24-21(25-14-17-7-4-6-16(12-17)13-23)26-18-8-5-11-27(15-18)20-10-3-2-9-19(20)22/h2-4,6-7,9-10,12,18H,5,8,11,14-15H2,1H3,(H2,24,25,26). The van der Waals surface area contributed by atoms with E-state index >= 15 is 0 Å². The third-order valence-corrected chi connectivity index (χ3v) is 5.01. The van der Waals surface area contributed by atoms with Gasteiger partial charge in [-0.2, -0.15) is 5.26 Å². The van der Waals surface area contributed by atoms with Crippen LogP contribution in [0.1, 0.15) is 24.0 Å².